The van der Waals surface area contributed by atoms with Gasteiger partial charge in [0.1, 0.15) is 0 Å². The SMILES string of the molecule is CS(=O)(=O)c1ccc(-c2c(-c3ccc(S(N)(=O)=O)cc3)nc(C(F)(F)F)[nH]c2=O)cc1. The highest BCUT2D eigenvalue weighted by molar-refractivity contribution is 7.90. The van der Waals surface area contributed by atoms with Gasteiger partial charge >= 0.3 is 6.18 Å². The fourth-order valence-electron chi connectivity index (χ4n) is 2.76. The molecule has 13 heteroatoms. The largest absolute Gasteiger partial charge is 0.449 e. The average molecular weight is 473 g/mol. The summed E-state index contributed by atoms with van der Waals surface area (Å²) in [7, 11) is -7.59. The molecule has 3 N–H and O–H groups in total. The van der Waals surface area contributed by atoms with E-state index >= 15 is 0 Å². The number of hydrogen-bond acceptors (Lipinski definition) is 6. The summed E-state index contributed by atoms with van der Waals surface area (Å²) in [6.07, 6.45) is -3.97. The van der Waals surface area contributed by atoms with Crippen molar-refractivity contribution in [2.24, 2.45) is 5.14 Å². The van der Waals surface area contributed by atoms with E-state index in [1.807, 2.05) is 0 Å². The van der Waals surface area contributed by atoms with Gasteiger partial charge in [0.15, 0.2) is 9.84 Å². The van der Waals surface area contributed by atoms with Crippen LogP contribution in [0, 0.1) is 0 Å². The molecule has 1 aromatic heterocycles. The first-order chi connectivity index (χ1) is 14.2. The zero-order valence-electron chi connectivity index (χ0n) is 15.6. The van der Waals surface area contributed by atoms with Crippen LogP contribution in [0.4, 0.5) is 13.2 Å². The summed E-state index contributed by atoms with van der Waals surface area (Å²) in [6, 6.07) is 9.39. The number of H-pyrrole nitrogens is 1. The number of hydrogen-bond donors (Lipinski definition) is 2. The minimum absolute atomic E-state index is 0.0196. The Morgan fingerprint density at radius 3 is 1.81 bits per heavy atom. The van der Waals surface area contributed by atoms with Gasteiger partial charge < -0.3 is 4.98 Å². The predicted octanol–water partition coefficient (Wildman–Crippen LogP) is 2.17. The lowest BCUT2D eigenvalue weighted by Crippen LogP contribution is -2.21. The van der Waals surface area contributed by atoms with Crippen LogP contribution in [0.1, 0.15) is 5.82 Å². The van der Waals surface area contributed by atoms with Gasteiger partial charge in [-0.15, -0.1) is 0 Å². The molecule has 31 heavy (non-hydrogen) atoms. The zero-order valence-corrected chi connectivity index (χ0v) is 17.3. The number of sulfone groups is 1. The third-order valence-electron chi connectivity index (χ3n) is 4.22. The van der Waals surface area contributed by atoms with Crippen molar-refractivity contribution in [3.8, 4) is 22.4 Å². The second-order valence-electron chi connectivity index (χ2n) is 6.50. The van der Waals surface area contributed by atoms with E-state index in [9.17, 15) is 34.8 Å². The van der Waals surface area contributed by atoms with Crippen LogP contribution in [0.3, 0.4) is 0 Å². The number of aromatic nitrogens is 2. The van der Waals surface area contributed by atoms with Crippen molar-refractivity contribution in [3.05, 3.63) is 64.7 Å². The van der Waals surface area contributed by atoms with Crippen LogP contribution in [0.15, 0.2) is 63.1 Å². The number of benzene rings is 2. The Hall–Kier alpha value is -3.03. The smallest absolute Gasteiger partial charge is 0.302 e. The quantitative estimate of drug-likeness (QED) is 0.595. The summed E-state index contributed by atoms with van der Waals surface area (Å²) in [5.41, 5.74) is -1.60. The van der Waals surface area contributed by atoms with Crippen LogP contribution < -0.4 is 10.7 Å². The van der Waals surface area contributed by atoms with Gasteiger partial charge in [-0.25, -0.2) is 27.0 Å². The van der Waals surface area contributed by atoms with Gasteiger partial charge in [-0.05, 0) is 29.8 Å². The van der Waals surface area contributed by atoms with Crippen molar-refractivity contribution in [1.29, 1.82) is 0 Å². The number of nitrogens with zero attached hydrogens (tertiary/aromatic N) is 1. The van der Waals surface area contributed by atoms with E-state index in [1.165, 1.54) is 24.3 Å². The highest BCUT2D eigenvalue weighted by Crippen LogP contribution is 2.32. The molecule has 3 aromatic rings. The van der Waals surface area contributed by atoms with Crippen molar-refractivity contribution in [2.75, 3.05) is 6.26 Å². The first kappa shape index (κ1) is 22.7. The lowest BCUT2D eigenvalue weighted by atomic mass is 10.0. The summed E-state index contributed by atoms with van der Waals surface area (Å²) >= 11 is 0. The number of nitrogens with one attached hydrogen (secondary N) is 1. The van der Waals surface area contributed by atoms with Crippen molar-refractivity contribution in [1.82, 2.24) is 9.97 Å². The molecule has 8 nitrogen and oxygen atoms in total. The van der Waals surface area contributed by atoms with Gasteiger partial charge in [0.25, 0.3) is 5.56 Å². The maximum absolute atomic E-state index is 13.2. The normalized spacial score (nSPS) is 12.7. The number of rotatable bonds is 4. The Balaban J connectivity index is 2.28. The van der Waals surface area contributed by atoms with Crippen LogP contribution >= 0.6 is 0 Å². The Morgan fingerprint density at radius 2 is 1.35 bits per heavy atom. The van der Waals surface area contributed by atoms with Crippen LogP contribution in [-0.4, -0.2) is 33.1 Å². The minimum atomic E-state index is -4.95. The fraction of sp³-hybridized carbons (Fsp3) is 0.111. The molecule has 0 spiro atoms. The Bertz CT molecular complexity index is 1410. The van der Waals surface area contributed by atoms with Gasteiger partial charge in [0, 0.05) is 11.8 Å². The Labute approximate surface area is 174 Å². The Kier molecular flexibility index (Phi) is 5.54. The molecule has 0 saturated carbocycles. The molecule has 0 fully saturated rings. The van der Waals surface area contributed by atoms with Gasteiger partial charge in [-0.2, -0.15) is 13.2 Å². The molecule has 0 aliphatic carbocycles. The minimum Gasteiger partial charge on any atom is -0.302 e. The molecule has 0 unspecified atom stereocenters. The summed E-state index contributed by atoms with van der Waals surface area (Å²) < 4.78 is 85.8. The number of sulfonamides is 1. The molecular weight excluding hydrogens is 459 g/mol. The molecule has 0 saturated heterocycles. The topological polar surface area (TPSA) is 140 Å². The van der Waals surface area contributed by atoms with Crippen LogP contribution in [0.25, 0.3) is 22.4 Å². The third-order valence-corrected chi connectivity index (χ3v) is 6.27. The predicted molar refractivity (Wildman–Crippen MR) is 105 cm³/mol. The molecule has 0 bridgehead atoms. The van der Waals surface area contributed by atoms with Gasteiger partial charge in [-0.3, -0.25) is 4.79 Å². The molecule has 0 radical (unpaired) electrons. The molecule has 1 heterocycles. The number of aromatic amines is 1. The molecule has 2 aromatic carbocycles. The van der Waals surface area contributed by atoms with Crippen molar-refractivity contribution in [3.63, 3.8) is 0 Å². The summed E-state index contributed by atoms with van der Waals surface area (Å²) in [4.78, 5) is 17.4. The van der Waals surface area contributed by atoms with E-state index in [0.717, 1.165) is 30.5 Å². The van der Waals surface area contributed by atoms with Crippen LogP contribution in [-0.2, 0) is 26.0 Å². The maximum Gasteiger partial charge on any atom is 0.449 e. The van der Waals surface area contributed by atoms with Gasteiger partial charge in [0.05, 0.1) is 21.0 Å². The summed E-state index contributed by atoms with van der Waals surface area (Å²) in [6.45, 7) is 0. The average Bonchev–Trinajstić information content (AvgIpc) is 2.65. The van der Waals surface area contributed by atoms with E-state index in [4.69, 9.17) is 5.14 Å². The van der Waals surface area contributed by atoms with E-state index < -0.39 is 37.4 Å². The first-order valence-electron chi connectivity index (χ1n) is 8.33. The van der Waals surface area contributed by atoms with E-state index in [1.54, 1.807) is 4.98 Å². The van der Waals surface area contributed by atoms with Gasteiger partial charge in [-0.1, -0.05) is 24.3 Å². The standard InChI is InChI=1S/C18H14F3N3O5S2/c1-30(26,27)12-6-2-10(3-7-12)14-15(23-17(18(19,20)21)24-16(14)25)11-4-8-13(9-5-11)31(22,28)29/h2-9H,1H3,(H2,22,28,29)(H,23,24,25). The van der Waals surface area contributed by atoms with Crippen molar-refractivity contribution >= 4 is 19.9 Å². The number of primary sulfonamides is 1. The summed E-state index contributed by atoms with van der Waals surface area (Å²) in [5.74, 6) is -1.54. The number of alkyl halides is 3. The molecule has 0 amide bonds. The second-order valence-corrected chi connectivity index (χ2v) is 10.1. The highest BCUT2D eigenvalue weighted by atomic mass is 32.2. The lowest BCUT2D eigenvalue weighted by Gasteiger charge is -2.13. The second kappa shape index (κ2) is 7.59. The zero-order chi connectivity index (χ0) is 23.2. The maximum atomic E-state index is 13.2. The first-order valence-corrected chi connectivity index (χ1v) is 11.8. The summed E-state index contributed by atoms with van der Waals surface area (Å²) in [5, 5.41) is 5.02. The molecular formula is C18H14F3N3O5S2. The number of halogens is 3. The number of nitrogens with two attached hydrogens (primary N) is 1. The highest BCUT2D eigenvalue weighted by Gasteiger charge is 2.35. The molecule has 164 valence electrons. The monoisotopic (exact) mass is 473 g/mol. The molecule has 0 aliphatic rings. The van der Waals surface area contributed by atoms with Crippen LogP contribution in [0.5, 0.6) is 0 Å². The van der Waals surface area contributed by atoms with E-state index in [2.05, 4.69) is 4.98 Å². The molecule has 3 rings (SSSR count). The molecule has 0 atom stereocenters. The molecule has 0 aliphatic heterocycles. The third kappa shape index (κ3) is 4.84. The van der Waals surface area contributed by atoms with Crippen molar-refractivity contribution < 1.29 is 30.0 Å². The van der Waals surface area contributed by atoms with Crippen LogP contribution in [0.2, 0.25) is 0 Å². The lowest BCUT2D eigenvalue weighted by molar-refractivity contribution is -0.145. The Morgan fingerprint density at radius 1 is 0.871 bits per heavy atom. The van der Waals surface area contributed by atoms with E-state index in [0.29, 0.717) is 0 Å². The van der Waals surface area contributed by atoms with Gasteiger partial charge in [0.2, 0.25) is 15.8 Å². The fourth-order valence-corrected chi connectivity index (χ4v) is 3.90. The van der Waals surface area contributed by atoms with Crippen molar-refractivity contribution in [2.45, 2.75) is 16.0 Å². The van der Waals surface area contributed by atoms with E-state index in [-0.39, 0.29) is 32.2 Å².